The lowest BCUT2D eigenvalue weighted by Crippen LogP contribution is -2.13. The Morgan fingerprint density at radius 3 is 2.32 bits per heavy atom. The van der Waals surface area contributed by atoms with E-state index in [2.05, 4.69) is 5.32 Å². The molecular formula is C25H20Cl2N2O2. The number of carbonyl (C=O) groups excluding carboxylic acids is 1. The number of halogens is 2. The highest BCUT2D eigenvalue weighted by atomic mass is 35.5. The number of carbonyl (C=O) groups is 1. The standard InChI is InChI=1S/C25H20Cl2N2O2/c1-16-8-9-21(10-17(16)2)29-25(30)20(14-28)11-19-12-22(26)24(23(27)13-19)31-15-18-6-4-3-5-7-18/h3-13H,15H2,1-2H3,(H,29,30)/b20-11+. The maximum Gasteiger partial charge on any atom is 0.266 e. The van der Waals surface area contributed by atoms with Gasteiger partial charge in [-0.25, -0.2) is 0 Å². The second-order valence-electron chi connectivity index (χ2n) is 7.01. The van der Waals surface area contributed by atoms with E-state index in [4.69, 9.17) is 27.9 Å². The van der Waals surface area contributed by atoms with Crippen molar-refractivity contribution < 1.29 is 9.53 Å². The van der Waals surface area contributed by atoms with Gasteiger partial charge in [0.15, 0.2) is 5.75 Å². The van der Waals surface area contributed by atoms with Crippen LogP contribution in [-0.4, -0.2) is 5.91 Å². The van der Waals surface area contributed by atoms with Crippen LogP contribution in [0.15, 0.2) is 66.2 Å². The van der Waals surface area contributed by atoms with Crippen LogP contribution in [0.5, 0.6) is 5.75 Å². The van der Waals surface area contributed by atoms with Gasteiger partial charge in [-0.3, -0.25) is 4.79 Å². The third kappa shape index (κ3) is 5.88. The van der Waals surface area contributed by atoms with Crippen LogP contribution in [0, 0.1) is 25.2 Å². The van der Waals surface area contributed by atoms with Crippen molar-refractivity contribution in [3.8, 4) is 11.8 Å². The number of benzene rings is 3. The minimum Gasteiger partial charge on any atom is -0.486 e. The van der Waals surface area contributed by atoms with Crippen molar-refractivity contribution in [2.45, 2.75) is 20.5 Å². The highest BCUT2D eigenvalue weighted by Gasteiger charge is 2.13. The molecule has 0 aromatic heterocycles. The number of aryl methyl sites for hydroxylation is 2. The molecule has 156 valence electrons. The van der Waals surface area contributed by atoms with Gasteiger partial charge in [-0.05, 0) is 66.4 Å². The average molecular weight is 451 g/mol. The van der Waals surface area contributed by atoms with E-state index in [-0.39, 0.29) is 5.57 Å². The quantitative estimate of drug-likeness (QED) is 0.334. The summed E-state index contributed by atoms with van der Waals surface area (Å²) in [5.74, 6) is -0.162. The van der Waals surface area contributed by atoms with Crippen LogP contribution < -0.4 is 10.1 Å². The number of anilines is 1. The van der Waals surface area contributed by atoms with Gasteiger partial charge in [-0.2, -0.15) is 5.26 Å². The lowest BCUT2D eigenvalue weighted by Gasteiger charge is -2.11. The third-order valence-electron chi connectivity index (χ3n) is 4.69. The molecule has 0 aliphatic heterocycles. The van der Waals surface area contributed by atoms with Crippen LogP contribution in [0.3, 0.4) is 0 Å². The first-order valence-electron chi connectivity index (χ1n) is 9.53. The molecular weight excluding hydrogens is 431 g/mol. The lowest BCUT2D eigenvalue weighted by atomic mass is 10.1. The molecule has 0 heterocycles. The highest BCUT2D eigenvalue weighted by Crippen LogP contribution is 2.35. The molecule has 3 rings (SSSR count). The number of ether oxygens (including phenoxy) is 1. The Kier molecular flexibility index (Phi) is 7.36. The van der Waals surface area contributed by atoms with Gasteiger partial charge in [0, 0.05) is 5.69 Å². The summed E-state index contributed by atoms with van der Waals surface area (Å²) in [7, 11) is 0. The second kappa shape index (κ2) is 10.2. The molecule has 0 aliphatic carbocycles. The fraction of sp³-hybridized carbons (Fsp3) is 0.120. The first kappa shape index (κ1) is 22.4. The van der Waals surface area contributed by atoms with Crippen molar-refractivity contribution in [2.75, 3.05) is 5.32 Å². The Bertz CT molecular complexity index is 1160. The van der Waals surface area contributed by atoms with E-state index < -0.39 is 5.91 Å². The largest absolute Gasteiger partial charge is 0.486 e. The zero-order valence-corrected chi connectivity index (χ0v) is 18.6. The van der Waals surface area contributed by atoms with Gasteiger partial charge in [0.2, 0.25) is 0 Å². The highest BCUT2D eigenvalue weighted by molar-refractivity contribution is 6.37. The van der Waals surface area contributed by atoms with Gasteiger partial charge in [0.05, 0.1) is 10.0 Å². The molecule has 0 fully saturated rings. The molecule has 4 nitrogen and oxygen atoms in total. The van der Waals surface area contributed by atoms with Crippen LogP contribution >= 0.6 is 23.2 Å². The number of nitriles is 1. The fourth-order valence-electron chi connectivity index (χ4n) is 2.86. The molecule has 3 aromatic rings. The second-order valence-corrected chi connectivity index (χ2v) is 7.83. The van der Waals surface area contributed by atoms with Crippen LogP contribution in [0.25, 0.3) is 6.08 Å². The average Bonchev–Trinajstić information content (AvgIpc) is 2.74. The van der Waals surface area contributed by atoms with E-state index >= 15 is 0 Å². The summed E-state index contributed by atoms with van der Waals surface area (Å²) in [6.45, 7) is 4.26. The van der Waals surface area contributed by atoms with Gasteiger partial charge < -0.3 is 10.1 Å². The molecule has 0 saturated carbocycles. The minimum atomic E-state index is -0.512. The van der Waals surface area contributed by atoms with Gasteiger partial charge in [-0.15, -0.1) is 0 Å². The molecule has 1 amide bonds. The Morgan fingerprint density at radius 2 is 1.71 bits per heavy atom. The van der Waals surface area contributed by atoms with Crippen molar-refractivity contribution in [3.63, 3.8) is 0 Å². The van der Waals surface area contributed by atoms with Crippen molar-refractivity contribution in [1.82, 2.24) is 0 Å². The molecule has 1 N–H and O–H groups in total. The number of nitrogens with zero attached hydrogens (tertiary/aromatic N) is 1. The Hall–Kier alpha value is -3.26. The van der Waals surface area contributed by atoms with E-state index in [1.54, 1.807) is 18.2 Å². The zero-order chi connectivity index (χ0) is 22.4. The van der Waals surface area contributed by atoms with Crippen LogP contribution in [0.1, 0.15) is 22.3 Å². The number of nitrogens with one attached hydrogen (secondary N) is 1. The zero-order valence-electron chi connectivity index (χ0n) is 17.1. The molecule has 6 heteroatoms. The third-order valence-corrected chi connectivity index (χ3v) is 5.25. The molecule has 31 heavy (non-hydrogen) atoms. The first-order chi connectivity index (χ1) is 14.9. The number of hydrogen-bond donors (Lipinski definition) is 1. The Morgan fingerprint density at radius 1 is 1.03 bits per heavy atom. The first-order valence-corrected chi connectivity index (χ1v) is 10.3. The summed E-state index contributed by atoms with van der Waals surface area (Å²) >= 11 is 12.7. The van der Waals surface area contributed by atoms with Crippen molar-refractivity contribution in [3.05, 3.63) is 98.5 Å². The predicted octanol–water partition coefficient (Wildman–Crippen LogP) is 6.73. The summed E-state index contributed by atoms with van der Waals surface area (Å²) in [5.41, 5.74) is 4.22. The molecule has 0 spiro atoms. The van der Waals surface area contributed by atoms with Crippen LogP contribution in [0.4, 0.5) is 5.69 Å². The van der Waals surface area contributed by atoms with Gasteiger partial charge in [-0.1, -0.05) is 59.6 Å². The molecule has 0 atom stereocenters. The normalized spacial score (nSPS) is 11.0. The van der Waals surface area contributed by atoms with E-state index in [9.17, 15) is 10.1 Å². The summed E-state index contributed by atoms with van der Waals surface area (Å²) in [6.07, 6.45) is 1.44. The van der Waals surface area contributed by atoms with Crippen LogP contribution in [-0.2, 0) is 11.4 Å². The predicted molar refractivity (Wildman–Crippen MR) is 125 cm³/mol. The molecule has 3 aromatic carbocycles. The van der Waals surface area contributed by atoms with E-state index in [0.717, 1.165) is 16.7 Å². The number of hydrogen-bond acceptors (Lipinski definition) is 3. The van der Waals surface area contributed by atoms with Crippen LogP contribution in [0.2, 0.25) is 10.0 Å². The maximum absolute atomic E-state index is 12.5. The van der Waals surface area contributed by atoms with Gasteiger partial charge >= 0.3 is 0 Å². The smallest absolute Gasteiger partial charge is 0.266 e. The monoisotopic (exact) mass is 450 g/mol. The summed E-state index contributed by atoms with van der Waals surface area (Å²) in [5, 5.41) is 12.8. The van der Waals surface area contributed by atoms with E-state index in [1.807, 2.05) is 62.4 Å². The fourth-order valence-corrected chi connectivity index (χ4v) is 3.48. The van der Waals surface area contributed by atoms with Crippen molar-refractivity contribution in [2.24, 2.45) is 0 Å². The van der Waals surface area contributed by atoms with Crippen molar-refractivity contribution in [1.29, 1.82) is 5.26 Å². The van der Waals surface area contributed by atoms with E-state index in [1.165, 1.54) is 6.08 Å². The van der Waals surface area contributed by atoms with Crippen molar-refractivity contribution >= 4 is 40.9 Å². The number of amides is 1. The Balaban J connectivity index is 1.77. The van der Waals surface area contributed by atoms with Gasteiger partial charge in [0.25, 0.3) is 5.91 Å². The molecule has 0 unspecified atom stereocenters. The molecule has 0 saturated heterocycles. The topological polar surface area (TPSA) is 62.1 Å². The molecule has 0 bridgehead atoms. The lowest BCUT2D eigenvalue weighted by molar-refractivity contribution is -0.112. The summed E-state index contributed by atoms with van der Waals surface area (Å²) in [4.78, 5) is 12.5. The maximum atomic E-state index is 12.5. The summed E-state index contributed by atoms with van der Waals surface area (Å²) in [6, 6.07) is 20.3. The number of rotatable bonds is 6. The Labute approximate surface area is 191 Å². The van der Waals surface area contributed by atoms with Gasteiger partial charge in [0.1, 0.15) is 18.2 Å². The molecule has 0 aliphatic rings. The van der Waals surface area contributed by atoms with E-state index in [0.29, 0.717) is 33.7 Å². The summed E-state index contributed by atoms with van der Waals surface area (Å²) < 4.78 is 5.76. The SMILES string of the molecule is Cc1ccc(NC(=O)/C(C#N)=C/c2cc(Cl)c(OCc3ccccc3)c(Cl)c2)cc1C. The molecule has 0 radical (unpaired) electrons. The minimum absolute atomic E-state index is 0.0664.